The van der Waals surface area contributed by atoms with E-state index in [2.05, 4.69) is 39.1 Å². The second-order valence-corrected chi connectivity index (χ2v) is 6.20. The second-order valence-electron chi connectivity index (χ2n) is 6.20. The molecular weight excluding hydrogens is 286 g/mol. The maximum Gasteiger partial charge on any atom is 0.129 e. The van der Waals surface area contributed by atoms with Gasteiger partial charge in [0.05, 0.1) is 7.57 Å². The van der Waals surface area contributed by atoms with E-state index in [-0.39, 0.29) is 0 Å². The van der Waals surface area contributed by atoms with E-state index in [9.17, 15) is 0 Å². The molecule has 0 unspecified atom stereocenters. The highest BCUT2D eigenvalue weighted by Gasteiger charge is 2.15. The van der Waals surface area contributed by atoms with Crippen LogP contribution in [0, 0.1) is 0 Å². The van der Waals surface area contributed by atoms with Gasteiger partial charge in [0.1, 0.15) is 5.82 Å². The number of hydrogen-bond donors (Lipinski definition) is 0. The van der Waals surface area contributed by atoms with Crippen molar-refractivity contribution in [1.29, 1.82) is 0 Å². The zero-order valence-electron chi connectivity index (χ0n) is 14.5. The number of anilines is 1. The summed E-state index contributed by atoms with van der Waals surface area (Å²) < 4.78 is 10.4. The molecule has 0 spiro atoms. The van der Waals surface area contributed by atoms with Gasteiger partial charge in [-0.15, -0.1) is 0 Å². The number of aromatic nitrogens is 3. The molecule has 0 bridgehead atoms. The molecule has 5 heteroatoms. The lowest BCUT2D eigenvalue weighted by atomic mass is 10.0. The van der Waals surface area contributed by atoms with Crippen molar-refractivity contribution in [2.24, 2.45) is 7.05 Å². The van der Waals surface area contributed by atoms with Crippen molar-refractivity contribution in [1.82, 2.24) is 19.7 Å². The number of rotatable bonds is 2. The average molecular weight is 308 g/mol. The number of hydrogen-bond acceptors (Lipinski definition) is 4. The summed E-state index contributed by atoms with van der Waals surface area (Å²) in [6.45, 7) is 3.86. The van der Waals surface area contributed by atoms with E-state index in [1.807, 2.05) is 31.7 Å². The Morgan fingerprint density at radius 3 is 2.57 bits per heavy atom. The van der Waals surface area contributed by atoms with Crippen LogP contribution in [0.5, 0.6) is 0 Å². The number of pyridine rings is 1. The van der Waals surface area contributed by atoms with Crippen LogP contribution in [0.1, 0.15) is 1.37 Å². The topological polar surface area (TPSA) is 37.2 Å². The lowest BCUT2D eigenvalue weighted by molar-refractivity contribution is 0.312. The third-order valence-electron chi connectivity index (χ3n) is 4.47. The molecule has 1 saturated heterocycles. The van der Waals surface area contributed by atoms with Crippen molar-refractivity contribution >= 4 is 16.6 Å². The van der Waals surface area contributed by atoms with Crippen LogP contribution in [-0.4, -0.2) is 52.9 Å². The van der Waals surface area contributed by atoms with Crippen LogP contribution in [0.15, 0.2) is 42.8 Å². The van der Waals surface area contributed by atoms with Crippen molar-refractivity contribution in [3.63, 3.8) is 0 Å². The van der Waals surface area contributed by atoms with Crippen LogP contribution in [0.25, 0.3) is 21.9 Å². The Balaban J connectivity index is 1.76. The van der Waals surface area contributed by atoms with Crippen LogP contribution in [0.2, 0.25) is 0 Å². The predicted octanol–water partition coefficient (Wildman–Crippen LogP) is 2.39. The van der Waals surface area contributed by atoms with E-state index < -0.39 is 0 Å². The molecule has 2 aromatic heterocycles. The Morgan fingerprint density at radius 2 is 1.83 bits per heavy atom. The van der Waals surface area contributed by atoms with Crippen LogP contribution in [-0.2, 0) is 7.05 Å². The number of nitrogens with zero attached hydrogens (tertiary/aromatic N) is 5. The predicted molar refractivity (Wildman–Crippen MR) is 93.7 cm³/mol. The minimum absolute atomic E-state index is 0.516. The normalized spacial score (nSPS) is 16.8. The molecule has 1 aromatic carbocycles. The lowest BCUT2D eigenvalue weighted by Crippen LogP contribution is -2.44. The van der Waals surface area contributed by atoms with Gasteiger partial charge in [-0.3, -0.25) is 4.68 Å². The summed E-state index contributed by atoms with van der Waals surface area (Å²) in [6.07, 6.45) is 5.73. The van der Waals surface area contributed by atoms with Gasteiger partial charge in [0.2, 0.25) is 0 Å². The van der Waals surface area contributed by atoms with Gasteiger partial charge in [0.15, 0.2) is 0 Å². The fourth-order valence-corrected chi connectivity index (χ4v) is 2.99. The zero-order chi connectivity index (χ0) is 16.7. The molecule has 23 heavy (non-hydrogen) atoms. The summed E-state index contributed by atoms with van der Waals surface area (Å²) in [5.74, 6) is 0.791. The third-order valence-corrected chi connectivity index (χ3v) is 4.47. The first kappa shape index (κ1) is 13.1. The monoisotopic (exact) mass is 308 g/mol. The van der Waals surface area contributed by atoms with Gasteiger partial charge < -0.3 is 9.80 Å². The minimum atomic E-state index is 0.516. The van der Waals surface area contributed by atoms with Crippen molar-refractivity contribution in [2.75, 3.05) is 38.1 Å². The summed E-state index contributed by atoms with van der Waals surface area (Å²) in [5, 5.41) is 6.19. The fraction of sp³-hybridized carbons (Fsp3) is 0.333. The van der Waals surface area contributed by atoms with E-state index in [0.717, 1.165) is 53.9 Å². The van der Waals surface area contributed by atoms with Crippen LogP contribution in [0.3, 0.4) is 0 Å². The first-order valence-electron chi connectivity index (χ1n) is 8.44. The van der Waals surface area contributed by atoms with Crippen molar-refractivity contribution < 1.29 is 1.37 Å². The Hall–Kier alpha value is -2.40. The Bertz CT molecular complexity index is 880. The molecule has 3 heterocycles. The smallest absolute Gasteiger partial charge is 0.129 e. The molecule has 0 saturated carbocycles. The summed E-state index contributed by atoms with van der Waals surface area (Å²) >= 11 is 0. The number of aryl methyl sites for hydroxylation is 1. The van der Waals surface area contributed by atoms with E-state index in [4.69, 9.17) is 1.37 Å². The van der Waals surface area contributed by atoms with Gasteiger partial charge in [-0.25, -0.2) is 4.98 Å². The molecule has 0 amide bonds. The van der Waals surface area contributed by atoms with Gasteiger partial charge in [0.25, 0.3) is 0 Å². The lowest BCUT2D eigenvalue weighted by Gasteiger charge is -2.33. The summed E-state index contributed by atoms with van der Waals surface area (Å²) in [5.41, 5.74) is 2.15. The zero-order valence-corrected chi connectivity index (χ0v) is 13.5. The molecule has 0 N–H and O–H groups in total. The Morgan fingerprint density at radius 1 is 1.00 bits per heavy atom. The number of piperazine rings is 1. The molecule has 4 rings (SSSR count). The fourth-order valence-electron chi connectivity index (χ4n) is 2.99. The molecule has 5 nitrogen and oxygen atoms in total. The molecular formula is C18H21N5. The largest absolute Gasteiger partial charge is 0.354 e. The Labute approximate surface area is 137 Å². The third kappa shape index (κ3) is 2.80. The number of benzene rings is 1. The molecule has 0 radical (unpaired) electrons. The van der Waals surface area contributed by atoms with Gasteiger partial charge in [-0.2, -0.15) is 5.10 Å². The molecule has 0 atom stereocenters. The first-order chi connectivity index (χ1) is 11.6. The minimum Gasteiger partial charge on any atom is -0.354 e. The van der Waals surface area contributed by atoms with Crippen LogP contribution >= 0.6 is 0 Å². The first-order valence-corrected chi connectivity index (χ1v) is 7.94. The molecule has 3 aromatic rings. The van der Waals surface area contributed by atoms with Crippen molar-refractivity contribution in [3.8, 4) is 11.1 Å². The number of likely N-dealkylation sites (N-methyl/N-ethyl adjacent to an activating group) is 1. The summed E-state index contributed by atoms with van der Waals surface area (Å²) in [7, 11) is 4.04. The maximum atomic E-state index is 8.65. The maximum absolute atomic E-state index is 8.65. The summed E-state index contributed by atoms with van der Waals surface area (Å²) in [6, 6.07) is 6.70. The standard InChI is InChI=1S/C18H21N5/c1-21-5-7-23(8-6-21)18-10-16-9-14(3-4-15(16)11-19-18)17-12-20-22(2)13-17/h3-4,9-13H,5-8H2,1-2H3/i10D. The van der Waals surface area contributed by atoms with Gasteiger partial charge in [0, 0.05) is 56.6 Å². The molecule has 1 aliphatic heterocycles. The van der Waals surface area contributed by atoms with E-state index >= 15 is 0 Å². The second kappa shape index (κ2) is 5.66. The van der Waals surface area contributed by atoms with Crippen LogP contribution in [0.4, 0.5) is 5.82 Å². The van der Waals surface area contributed by atoms with E-state index in [1.54, 1.807) is 4.68 Å². The van der Waals surface area contributed by atoms with Crippen molar-refractivity contribution in [3.05, 3.63) is 42.8 Å². The molecule has 118 valence electrons. The SMILES string of the molecule is [2H]c1c(N2CCN(C)CC2)ncc2ccc(-c3cnn(C)c3)cc12. The van der Waals surface area contributed by atoms with Gasteiger partial charge >= 0.3 is 0 Å². The van der Waals surface area contributed by atoms with Gasteiger partial charge in [-0.1, -0.05) is 12.1 Å². The quantitative estimate of drug-likeness (QED) is 0.728. The van der Waals surface area contributed by atoms with Crippen LogP contribution < -0.4 is 4.90 Å². The average Bonchev–Trinajstić information content (AvgIpc) is 3.03. The molecule has 1 fully saturated rings. The van der Waals surface area contributed by atoms with Gasteiger partial charge in [-0.05, 0) is 30.1 Å². The van der Waals surface area contributed by atoms with E-state index in [1.165, 1.54) is 0 Å². The highest BCUT2D eigenvalue weighted by molar-refractivity contribution is 5.88. The van der Waals surface area contributed by atoms with Crippen molar-refractivity contribution in [2.45, 2.75) is 0 Å². The summed E-state index contributed by atoms with van der Waals surface area (Å²) in [4.78, 5) is 9.09. The highest BCUT2D eigenvalue weighted by Crippen LogP contribution is 2.26. The van der Waals surface area contributed by atoms with E-state index in [0.29, 0.717) is 6.04 Å². The highest BCUT2D eigenvalue weighted by atomic mass is 15.3. The Kier molecular flexibility index (Phi) is 3.22. The molecule has 1 aliphatic rings. The molecule has 0 aliphatic carbocycles. The number of fused-ring (bicyclic) bond motifs is 1.